The van der Waals surface area contributed by atoms with Gasteiger partial charge >= 0.3 is 0 Å². The van der Waals surface area contributed by atoms with E-state index in [1.807, 2.05) is 18.2 Å². The Labute approximate surface area is 79.4 Å². The van der Waals surface area contributed by atoms with Gasteiger partial charge in [0, 0.05) is 16.6 Å². The minimum absolute atomic E-state index is 0.858. The fraction of sp³-hybridized carbons (Fsp3) is 0.111. The molecule has 0 bridgehead atoms. The van der Waals surface area contributed by atoms with Crippen molar-refractivity contribution in [2.24, 2.45) is 0 Å². The highest BCUT2D eigenvalue weighted by molar-refractivity contribution is 9.10. The van der Waals surface area contributed by atoms with Crippen LogP contribution in [0, 0.1) is 6.20 Å². The number of benzene rings is 1. The van der Waals surface area contributed by atoms with Crippen LogP contribution in [0.15, 0.2) is 16.6 Å². The summed E-state index contributed by atoms with van der Waals surface area (Å²) in [5.41, 5.74) is 2.09. The van der Waals surface area contributed by atoms with Crippen molar-refractivity contribution in [1.82, 2.24) is 0 Å². The minimum Gasteiger partial charge on any atom is -0.483 e. The maximum absolute atomic E-state index is 5.20. The second kappa shape index (κ2) is 2.77. The van der Waals surface area contributed by atoms with E-state index >= 15 is 0 Å². The lowest BCUT2D eigenvalue weighted by Crippen LogP contribution is -1.89. The van der Waals surface area contributed by atoms with E-state index < -0.39 is 0 Å². The second-order valence-corrected chi connectivity index (χ2v) is 3.40. The molecule has 0 saturated carbocycles. The Bertz CT molecular complexity index is 347. The summed E-state index contributed by atoms with van der Waals surface area (Å²) in [6, 6.07) is 3.93. The lowest BCUT2D eigenvalue weighted by atomic mass is 10.2. The number of halogens is 1. The molecular weight excluding hydrogens is 218 g/mol. The monoisotopic (exact) mass is 224 g/mol. The van der Waals surface area contributed by atoms with E-state index in [4.69, 9.17) is 4.74 Å². The van der Waals surface area contributed by atoms with E-state index in [0.717, 1.165) is 21.5 Å². The molecule has 0 spiro atoms. The largest absolute Gasteiger partial charge is 0.483 e. The standard InChI is InChI=1S/C9H7BrNO/c1-12-9-5-6(10)4-8-7(9)2-3-11-8/h2,4-5,11H,1H3/q+1. The van der Waals surface area contributed by atoms with Gasteiger partial charge in [-0.05, 0) is 15.9 Å². The smallest absolute Gasteiger partial charge is 0.203 e. The number of anilines is 1. The fourth-order valence-corrected chi connectivity index (χ4v) is 1.64. The third-order valence-corrected chi connectivity index (χ3v) is 2.21. The van der Waals surface area contributed by atoms with Crippen molar-refractivity contribution in [3.8, 4) is 5.75 Å². The van der Waals surface area contributed by atoms with Crippen molar-refractivity contribution in [1.29, 1.82) is 0 Å². The van der Waals surface area contributed by atoms with Crippen molar-refractivity contribution in [2.45, 2.75) is 0 Å². The quantitative estimate of drug-likeness (QED) is 0.742. The highest BCUT2D eigenvalue weighted by Gasteiger charge is 2.22. The number of nitrogens with one attached hydrogen (secondary N) is 1. The van der Waals surface area contributed by atoms with Gasteiger partial charge in [0.15, 0.2) is 11.3 Å². The first-order chi connectivity index (χ1) is 5.81. The molecule has 0 aliphatic carbocycles. The van der Waals surface area contributed by atoms with Crippen molar-refractivity contribution in [2.75, 3.05) is 12.4 Å². The minimum atomic E-state index is 0.858. The van der Waals surface area contributed by atoms with Crippen molar-refractivity contribution in [3.05, 3.63) is 28.4 Å². The molecule has 3 heteroatoms. The molecule has 1 aromatic carbocycles. The Hall–Kier alpha value is -1.05. The van der Waals surface area contributed by atoms with Crippen LogP contribution in [-0.2, 0) is 0 Å². The molecule has 2 nitrogen and oxygen atoms in total. The van der Waals surface area contributed by atoms with Crippen molar-refractivity contribution < 1.29 is 4.74 Å². The lowest BCUT2D eigenvalue weighted by molar-refractivity contribution is 0.414. The molecule has 0 aromatic heterocycles. The fourth-order valence-electron chi connectivity index (χ4n) is 1.20. The van der Waals surface area contributed by atoms with Crippen molar-refractivity contribution >= 4 is 27.7 Å². The van der Waals surface area contributed by atoms with Gasteiger partial charge in [0.05, 0.1) is 7.11 Å². The van der Waals surface area contributed by atoms with E-state index in [-0.39, 0.29) is 0 Å². The van der Waals surface area contributed by atoms with Crippen LogP contribution >= 0.6 is 15.9 Å². The summed E-state index contributed by atoms with van der Waals surface area (Å²) in [6.45, 7) is 0. The Kier molecular flexibility index (Phi) is 1.75. The SMILES string of the molecule is COc1cc(Br)cc2c1C=[C+]N2. The van der Waals surface area contributed by atoms with Crippen LogP contribution in [0.3, 0.4) is 0 Å². The van der Waals surface area contributed by atoms with Gasteiger partial charge in [0.1, 0.15) is 12.3 Å². The van der Waals surface area contributed by atoms with Gasteiger partial charge in [-0.2, -0.15) is 5.32 Å². The molecule has 1 aliphatic rings. The number of methoxy groups -OCH3 is 1. The molecular formula is C9H7BrNO+. The highest BCUT2D eigenvalue weighted by Crippen LogP contribution is 2.34. The van der Waals surface area contributed by atoms with Crippen molar-refractivity contribution in [3.63, 3.8) is 0 Å². The maximum atomic E-state index is 5.20. The van der Waals surface area contributed by atoms with Gasteiger partial charge in [-0.25, -0.2) is 0 Å². The van der Waals surface area contributed by atoms with Crippen LogP contribution in [0.4, 0.5) is 5.69 Å². The lowest BCUT2D eigenvalue weighted by Gasteiger charge is -1.99. The second-order valence-electron chi connectivity index (χ2n) is 2.48. The summed E-state index contributed by atoms with van der Waals surface area (Å²) in [5.74, 6) is 0.858. The molecule has 0 radical (unpaired) electrons. The van der Waals surface area contributed by atoms with Crippen LogP contribution < -0.4 is 10.1 Å². The van der Waals surface area contributed by atoms with E-state index in [1.54, 1.807) is 7.11 Å². The summed E-state index contributed by atoms with van der Waals surface area (Å²) in [4.78, 5) is 0. The van der Waals surface area contributed by atoms with Crippen LogP contribution in [0.25, 0.3) is 6.08 Å². The summed E-state index contributed by atoms with van der Waals surface area (Å²) in [5, 5.41) is 3.00. The number of fused-ring (bicyclic) bond motifs is 1. The third kappa shape index (κ3) is 1.07. The first-order valence-electron chi connectivity index (χ1n) is 3.53. The average Bonchev–Trinajstić information content (AvgIpc) is 2.50. The topological polar surface area (TPSA) is 21.3 Å². The highest BCUT2D eigenvalue weighted by atomic mass is 79.9. The van der Waals surface area contributed by atoms with Gasteiger partial charge < -0.3 is 4.74 Å². The van der Waals surface area contributed by atoms with Gasteiger partial charge in [-0.1, -0.05) is 0 Å². The molecule has 1 N–H and O–H groups in total. The molecule has 0 saturated heterocycles. The number of hydrogen-bond donors (Lipinski definition) is 1. The van der Waals surface area contributed by atoms with Crippen LogP contribution in [0.5, 0.6) is 5.75 Å². The zero-order valence-electron chi connectivity index (χ0n) is 6.52. The van der Waals surface area contributed by atoms with E-state index in [9.17, 15) is 0 Å². The maximum Gasteiger partial charge on any atom is 0.203 e. The molecule has 0 unspecified atom stereocenters. The Morgan fingerprint density at radius 2 is 2.33 bits per heavy atom. The van der Waals surface area contributed by atoms with Gasteiger partial charge in [-0.15, -0.1) is 0 Å². The molecule has 1 aliphatic heterocycles. The zero-order chi connectivity index (χ0) is 8.55. The third-order valence-electron chi connectivity index (χ3n) is 1.75. The Morgan fingerprint density at radius 3 is 3.08 bits per heavy atom. The molecule has 2 rings (SSSR count). The molecule has 60 valence electrons. The molecule has 12 heavy (non-hydrogen) atoms. The summed E-state index contributed by atoms with van der Waals surface area (Å²) in [7, 11) is 1.66. The first-order valence-corrected chi connectivity index (χ1v) is 4.33. The summed E-state index contributed by atoms with van der Waals surface area (Å²) < 4.78 is 6.20. The van der Waals surface area contributed by atoms with Crippen LogP contribution in [0.1, 0.15) is 5.56 Å². The van der Waals surface area contributed by atoms with E-state index in [1.165, 1.54) is 0 Å². The van der Waals surface area contributed by atoms with Gasteiger partial charge in [-0.3, -0.25) is 0 Å². The molecule has 1 aromatic rings. The number of hydrogen-bond acceptors (Lipinski definition) is 2. The van der Waals surface area contributed by atoms with Crippen LogP contribution in [0.2, 0.25) is 0 Å². The van der Waals surface area contributed by atoms with E-state index in [2.05, 4.69) is 27.4 Å². The number of rotatable bonds is 1. The Morgan fingerprint density at radius 1 is 1.50 bits per heavy atom. The van der Waals surface area contributed by atoms with Gasteiger partial charge in [0.25, 0.3) is 0 Å². The number of ether oxygens (including phenoxy) is 1. The Balaban J connectivity index is 2.60. The van der Waals surface area contributed by atoms with Gasteiger partial charge in [0.2, 0.25) is 5.69 Å². The summed E-state index contributed by atoms with van der Waals surface area (Å²) in [6.07, 6.45) is 4.79. The summed E-state index contributed by atoms with van der Waals surface area (Å²) >= 11 is 3.39. The molecule has 0 fully saturated rings. The van der Waals surface area contributed by atoms with Crippen LogP contribution in [-0.4, -0.2) is 7.11 Å². The molecule has 0 atom stereocenters. The predicted octanol–water partition coefficient (Wildman–Crippen LogP) is 2.66. The predicted molar refractivity (Wildman–Crippen MR) is 52.0 cm³/mol. The first kappa shape index (κ1) is 7.59. The average molecular weight is 225 g/mol. The molecule has 1 heterocycles. The zero-order valence-corrected chi connectivity index (χ0v) is 8.10. The molecule has 0 amide bonds. The van der Waals surface area contributed by atoms with E-state index in [0.29, 0.717) is 0 Å². The normalized spacial score (nSPS) is 11.8.